The van der Waals surface area contributed by atoms with Gasteiger partial charge in [0.15, 0.2) is 6.10 Å². The Morgan fingerprint density at radius 3 is 0.800 bits per heavy atom. The number of esters is 3. The van der Waals surface area contributed by atoms with E-state index in [-0.39, 0.29) is 31.1 Å². The van der Waals surface area contributed by atoms with Crippen molar-refractivity contribution in [3.05, 3.63) is 0 Å². The van der Waals surface area contributed by atoms with Gasteiger partial charge < -0.3 is 14.2 Å². The molecule has 0 spiro atoms. The van der Waals surface area contributed by atoms with Gasteiger partial charge in [0.1, 0.15) is 13.2 Å². The number of hydrogen-bond acceptors (Lipinski definition) is 6. The second-order valence-corrected chi connectivity index (χ2v) is 15.0. The molecule has 50 heavy (non-hydrogen) atoms. The Morgan fingerprint density at radius 2 is 0.540 bits per heavy atom. The zero-order valence-electron chi connectivity index (χ0n) is 33.7. The maximum atomic E-state index is 12.6. The van der Waals surface area contributed by atoms with E-state index in [1.165, 1.54) is 148 Å². The summed E-state index contributed by atoms with van der Waals surface area (Å²) in [6.07, 6.45) is 39.4. The molecule has 0 N–H and O–H groups in total. The van der Waals surface area contributed by atoms with Gasteiger partial charge in [-0.2, -0.15) is 0 Å². The lowest BCUT2D eigenvalue weighted by molar-refractivity contribution is -0.167. The maximum Gasteiger partial charge on any atom is 0.306 e. The van der Waals surface area contributed by atoms with Crippen molar-refractivity contribution in [2.45, 2.75) is 252 Å². The van der Waals surface area contributed by atoms with Gasteiger partial charge in [-0.1, -0.05) is 207 Å². The van der Waals surface area contributed by atoms with Crippen molar-refractivity contribution in [3.8, 4) is 0 Å². The molecule has 0 aromatic rings. The number of rotatable bonds is 40. The largest absolute Gasteiger partial charge is 0.462 e. The fourth-order valence-electron chi connectivity index (χ4n) is 6.50. The molecule has 6 heteroatoms. The predicted octanol–water partition coefficient (Wildman–Crippen LogP) is 13.7. The molecule has 0 saturated carbocycles. The highest BCUT2D eigenvalue weighted by Crippen LogP contribution is 2.15. The monoisotopic (exact) mass is 709 g/mol. The Balaban J connectivity index is 4.30. The Hall–Kier alpha value is -1.59. The van der Waals surface area contributed by atoms with Crippen LogP contribution in [0.25, 0.3) is 0 Å². The van der Waals surface area contributed by atoms with Crippen LogP contribution in [0.5, 0.6) is 0 Å². The minimum atomic E-state index is -0.756. The Bertz CT molecular complexity index is 738. The van der Waals surface area contributed by atoms with Gasteiger partial charge in [-0.05, 0) is 19.3 Å². The molecule has 0 unspecified atom stereocenters. The molecule has 0 fully saturated rings. The summed E-state index contributed by atoms with van der Waals surface area (Å²) in [5, 5.41) is 0. The predicted molar refractivity (Wildman–Crippen MR) is 210 cm³/mol. The molecule has 0 amide bonds. The minimum Gasteiger partial charge on any atom is -0.462 e. The zero-order chi connectivity index (χ0) is 36.6. The molecule has 0 aliphatic carbocycles. The first-order valence-corrected chi connectivity index (χ1v) is 22.0. The number of unbranched alkanes of at least 4 members (excludes halogenated alkanes) is 29. The summed E-state index contributed by atoms with van der Waals surface area (Å²) in [5.74, 6) is -0.857. The van der Waals surface area contributed by atoms with Crippen molar-refractivity contribution in [2.75, 3.05) is 13.2 Å². The fourth-order valence-corrected chi connectivity index (χ4v) is 6.50. The van der Waals surface area contributed by atoms with Crippen molar-refractivity contribution in [1.29, 1.82) is 0 Å². The van der Waals surface area contributed by atoms with Crippen LogP contribution in [0.1, 0.15) is 245 Å². The summed E-state index contributed by atoms with van der Waals surface area (Å²) < 4.78 is 16.7. The zero-order valence-corrected chi connectivity index (χ0v) is 33.7. The minimum absolute atomic E-state index is 0.0632. The van der Waals surface area contributed by atoms with Crippen molar-refractivity contribution in [2.24, 2.45) is 0 Å². The molecule has 0 saturated heterocycles. The van der Waals surface area contributed by atoms with Crippen LogP contribution in [-0.4, -0.2) is 37.2 Å². The van der Waals surface area contributed by atoms with E-state index in [1.807, 2.05) is 0 Å². The summed E-state index contributed by atoms with van der Waals surface area (Å²) >= 11 is 0. The molecule has 1 atom stereocenters. The molecule has 0 bridgehead atoms. The lowest BCUT2D eigenvalue weighted by Gasteiger charge is -2.18. The molecular weight excluding hydrogens is 624 g/mol. The summed E-state index contributed by atoms with van der Waals surface area (Å²) in [7, 11) is 0. The normalized spacial score (nSPS) is 11.8. The summed E-state index contributed by atoms with van der Waals surface area (Å²) in [6, 6.07) is 0. The van der Waals surface area contributed by atoms with Crippen LogP contribution >= 0.6 is 0 Å². The molecule has 0 aromatic heterocycles. The molecule has 0 aliphatic rings. The van der Waals surface area contributed by atoms with Gasteiger partial charge in [-0.25, -0.2) is 0 Å². The van der Waals surface area contributed by atoms with Crippen molar-refractivity contribution < 1.29 is 28.6 Å². The quantitative estimate of drug-likeness (QED) is 0.0358. The second-order valence-electron chi connectivity index (χ2n) is 15.0. The molecule has 0 aromatic carbocycles. The number of carbonyl (C=O) groups is 3. The topological polar surface area (TPSA) is 78.9 Å². The standard InChI is InChI=1S/C44H84O6/c1-4-7-10-13-16-19-21-23-26-28-31-34-37-43(46)49-40-41(50-44(47)38-35-32-29-24-18-15-12-9-6-3)39-48-42(45)36-33-30-27-25-22-20-17-14-11-8-5-2/h41H,4-40H2,1-3H3/t41-/m1/s1. The van der Waals surface area contributed by atoms with Crippen LogP contribution in [-0.2, 0) is 28.6 Å². The molecule has 0 aliphatic heterocycles. The van der Waals surface area contributed by atoms with Crippen molar-refractivity contribution in [1.82, 2.24) is 0 Å². The van der Waals surface area contributed by atoms with E-state index < -0.39 is 6.10 Å². The third-order valence-corrected chi connectivity index (χ3v) is 9.86. The lowest BCUT2D eigenvalue weighted by Crippen LogP contribution is -2.30. The van der Waals surface area contributed by atoms with Gasteiger partial charge >= 0.3 is 17.9 Å². The third-order valence-electron chi connectivity index (χ3n) is 9.86. The van der Waals surface area contributed by atoms with Gasteiger partial charge in [-0.3, -0.25) is 14.4 Å². The summed E-state index contributed by atoms with van der Waals surface area (Å²) in [4.78, 5) is 37.6. The summed E-state index contributed by atoms with van der Waals surface area (Å²) in [5.41, 5.74) is 0. The highest BCUT2D eigenvalue weighted by Gasteiger charge is 2.19. The van der Waals surface area contributed by atoms with Crippen LogP contribution in [0.3, 0.4) is 0 Å². The van der Waals surface area contributed by atoms with Crippen LogP contribution in [0.4, 0.5) is 0 Å². The van der Waals surface area contributed by atoms with Crippen LogP contribution in [0, 0.1) is 0 Å². The smallest absolute Gasteiger partial charge is 0.306 e. The van der Waals surface area contributed by atoms with E-state index >= 15 is 0 Å². The van der Waals surface area contributed by atoms with E-state index in [0.29, 0.717) is 19.3 Å². The average molecular weight is 709 g/mol. The van der Waals surface area contributed by atoms with E-state index in [2.05, 4.69) is 20.8 Å². The third kappa shape index (κ3) is 37.7. The highest BCUT2D eigenvalue weighted by molar-refractivity contribution is 5.71. The van der Waals surface area contributed by atoms with Gasteiger partial charge in [0.2, 0.25) is 0 Å². The number of ether oxygens (including phenoxy) is 3. The van der Waals surface area contributed by atoms with E-state index in [1.54, 1.807) is 0 Å². The van der Waals surface area contributed by atoms with Gasteiger partial charge in [0, 0.05) is 19.3 Å². The molecule has 0 heterocycles. The Kier molecular flexibility index (Phi) is 38.9. The van der Waals surface area contributed by atoms with Crippen molar-refractivity contribution in [3.63, 3.8) is 0 Å². The number of hydrogen-bond donors (Lipinski definition) is 0. The molecular formula is C44H84O6. The van der Waals surface area contributed by atoms with Crippen LogP contribution in [0.15, 0.2) is 0 Å². The van der Waals surface area contributed by atoms with Gasteiger partial charge in [0.05, 0.1) is 0 Å². The molecule has 296 valence electrons. The highest BCUT2D eigenvalue weighted by atomic mass is 16.6. The first-order valence-electron chi connectivity index (χ1n) is 22.0. The second kappa shape index (κ2) is 40.2. The van der Waals surface area contributed by atoms with Crippen molar-refractivity contribution >= 4 is 17.9 Å². The van der Waals surface area contributed by atoms with Crippen LogP contribution < -0.4 is 0 Å². The summed E-state index contributed by atoms with van der Waals surface area (Å²) in [6.45, 7) is 6.62. The molecule has 0 rings (SSSR count). The van der Waals surface area contributed by atoms with E-state index in [0.717, 1.165) is 57.8 Å². The first kappa shape index (κ1) is 48.4. The van der Waals surface area contributed by atoms with Crippen LogP contribution in [0.2, 0.25) is 0 Å². The SMILES string of the molecule is CCCCCCCCCCCCCCC(=O)OC[C@@H](COC(=O)CCCCCCCCCCCCC)OC(=O)CCCCCCCCCCC. The van der Waals surface area contributed by atoms with Gasteiger partial charge in [0.25, 0.3) is 0 Å². The Morgan fingerprint density at radius 1 is 0.320 bits per heavy atom. The maximum absolute atomic E-state index is 12.6. The fraction of sp³-hybridized carbons (Fsp3) is 0.932. The molecule has 6 nitrogen and oxygen atoms in total. The van der Waals surface area contributed by atoms with E-state index in [9.17, 15) is 14.4 Å². The van der Waals surface area contributed by atoms with Gasteiger partial charge in [-0.15, -0.1) is 0 Å². The van der Waals surface area contributed by atoms with E-state index in [4.69, 9.17) is 14.2 Å². The number of carbonyl (C=O) groups excluding carboxylic acids is 3. The molecule has 0 radical (unpaired) electrons. The Labute approximate surface area is 310 Å². The average Bonchev–Trinajstić information content (AvgIpc) is 3.11. The first-order chi connectivity index (χ1) is 24.5. The lowest BCUT2D eigenvalue weighted by atomic mass is 10.0.